The smallest absolute Gasteiger partial charge is 0.107 e. The van der Waals surface area contributed by atoms with Crippen molar-refractivity contribution < 1.29 is 5.11 Å². The van der Waals surface area contributed by atoms with Crippen LogP contribution < -0.4 is 5.32 Å². The quantitative estimate of drug-likeness (QED) is 0.891. The molecule has 0 fully saturated rings. The third kappa shape index (κ3) is 3.95. The van der Waals surface area contributed by atoms with Crippen LogP contribution in [0.25, 0.3) is 0 Å². The van der Waals surface area contributed by atoms with Gasteiger partial charge in [-0.1, -0.05) is 11.6 Å². The Morgan fingerprint density at radius 2 is 2.46 bits per heavy atom. The molecular weight excluding hydrogens is 274 g/mol. The standard InChI is InChI=1S/C8H11BrClNOS/c1-5(12)3-11-4-6-2-7(9)8(10)13-6/h2,5,11-12H,3-4H2,1H3. The van der Waals surface area contributed by atoms with Gasteiger partial charge in [-0.15, -0.1) is 11.3 Å². The summed E-state index contributed by atoms with van der Waals surface area (Å²) in [6.07, 6.45) is -0.307. The third-order valence-corrected chi connectivity index (χ3v) is 3.91. The Bertz CT molecular complexity index is 258. The van der Waals surface area contributed by atoms with Crippen molar-refractivity contribution in [1.29, 1.82) is 0 Å². The maximum atomic E-state index is 9.00. The highest BCUT2D eigenvalue weighted by molar-refractivity contribution is 9.10. The number of thiophene rings is 1. The van der Waals surface area contributed by atoms with Crippen LogP contribution in [0.3, 0.4) is 0 Å². The fraction of sp³-hybridized carbons (Fsp3) is 0.500. The Balaban J connectivity index is 2.37. The number of halogens is 2. The van der Waals surface area contributed by atoms with Gasteiger partial charge < -0.3 is 10.4 Å². The van der Waals surface area contributed by atoms with Gasteiger partial charge in [0.15, 0.2) is 0 Å². The van der Waals surface area contributed by atoms with E-state index in [4.69, 9.17) is 16.7 Å². The molecule has 1 unspecified atom stereocenters. The van der Waals surface area contributed by atoms with Gasteiger partial charge in [0.25, 0.3) is 0 Å². The molecule has 13 heavy (non-hydrogen) atoms. The van der Waals surface area contributed by atoms with E-state index in [-0.39, 0.29) is 6.10 Å². The molecule has 0 bridgehead atoms. The van der Waals surface area contributed by atoms with Gasteiger partial charge in [-0.25, -0.2) is 0 Å². The summed E-state index contributed by atoms with van der Waals surface area (Å²) in [4.78, 5) is 1.16. The van der Waals surface area contributed by atoms with Gasteiger partial charge in [0.2, 0.25) is 0 Å². The maximum Gasteiger partial charge on any atom is 0.107 e. The van der Waals surface area contributed by atoms with Crippen molar-refractivity contribution in [2.45, 2.75) is 19.6 Å². The molecule has 0 spiro atoms. The summed E-state index contributed by atoms with van der Waals surface area (Å²) in [6.45, 7) is 3.11. The van der Waals surface area contributed by atoms with Gasteiger partial charge in [0, 0.05) is 22.4 Å². The van der Waals surface area contributed by atoms with Crippen molar-refractivity contribution in [3.63, 3.8) is 0 Å². The zero-order chi connectivity index (χ0) is 9.84. The lowest BCUT2D eigenvalue weighted by molar-refractivity contribution is 0.191. The summed E-state index contributed by atoms with van der Waals surface area (Å²) < 4.78 is 1.71. The summed E-state index contributed by atoms with van der Waals surface area (Å²) in [5, 5.41) is 12.1. The molecule has 2 N–H and O–H groups in total. The minimum atomic E-state index is -0.307. The summed E-state index contributed by atoms with van der Waals surface area (Å²) in [5.41, 5.74) is 0. The predicted octanol–water partition coefficient (Wildman–Crippen LogP) is 2.63. The molecule has 1 rings (SSSR count). The van der Waals surface area contributed by atoms with Crippen molar-refractivity contribution in [2.24, 2.45) is 0 Å². The van der Waals surface area contributed by atoms with Crippen molar-refractivity contribution in [3.8, 4) is 0 Å². The van der Waals surface area contributed by atoms with E-state index in [1.807, 2.05) is 6.07 Å². The fourth-order valence-electron chi connectivity index (χ4n) is 0.883. The molecule has 0 radical (unpaired) electrons. The topological polar surface area (TPSA) is 32.3 Å². The molecule has 2 nitrogen and oxygen atoms in total. The number of hydrogen-bond donors (Lipinski definition) is 2. The van der Waals surface area contributed by atoms with Crippen molar-refractivity contribution >= 4 is 38.9 Å². The van der Waals surface area contributed by atoms with E-state index in [1.165, 1.54) is 0 Å². The van der Waals surface area contributed by atoms with Crippen molar-refractivity contribution in [1.82, 2.24) is 5.32 Å². The Morgan fingerprint density at radius 3 is 2.92 bits per heavy atom. The highest BCUT2D eigenvalue weighted by Crippen LogP contribution is 2.31. The monoisotopic (exact) mass is 283 g/mol. The average Bonchev–Trinajstić information content (AvgIpc) is 2.30. The van der Waals surface area contributed by atoms with E-state index in [2.05, 4.69) is 21.2 Å². The first-order valence-electron chi connectivity index (χ1n) is 3.92. The van der Waals surface area contributed by atoms with Crippen LogP contribution in [-0.4, -0.2) is 17.8 Å². The van der Waals surface area contributed by atoms with Crippen LogP contribution in [-0.2, 0) is 6.54 Å². The number of aliphatic hydroxyl groups is 1. The Labute approximate surface area is 95.0 Å². The molecule has 5 heteroatoms. The molecule has 0 amide bonds. The SMILES string of the molecule is CC(O)CNCc1cc(Br)c(Cl)s1. The van der Waals surface area contributed by atoms with Gasteiger partial charge in [0.1, 0.15) is 4.34 Å². The molecule has 0 aliphatic rings. The van der Waals surface area contributed by atoms with Gasteiger partial charge in [-0.3, -0.25) is 0 Å². The fourth-order valence-corrected chi connectivity index (χ4v) is 2.64. The molecule has 1 heterocycles. The molecule has 1 atom stereocenters. The highest BCUT2D eigenvalue weighted by atomic mass is 79.9. The van der Waals surface area contributed by atoms with Crippen LogP contribution >= 0.6 is 38.9 Å². The van der Waals surface area contributed by atoms with Gasteiger partial charge in [0.05, 0.1) is 6.10 Å². The highest BCUT2D eigenvalue weighted by Gasteiger charge is 2.04. The minimum absolute atomic E-state index is 0.307. The third-order valence-electron chi connectivity index (χ3n) is 1.44. The molecule has 0 aromatic carbocycles. The van der Waals surface area contributed by atoms with Gasteiger partial charge in [-0.05, 0) is 28.9 Å². The maximum absolute atomic E-state index is 9.00. The second kappa shape index (κ2) is 5.32. The molecule has 0 aliphatic heterocycles. The lowest BCUT2D eigenvalue weighted by Crippen LogP contribution is -2.23. The van der Waals surface area contributed by atoms with Crippen LogP contribution in [0.1, 0.15) is 11.8 Å². The Kier molecular flexibility index (Phi) is 4.69. The first-order chi connectivity index (χ1) is 6.09. The molecule has 1 aromatic heterocycles. The second-order valence-corrected chi connectivity index (χ2v) is 5.41. The Morgan fingerprint density at radius 1 is 1.77 bits per heavy atom. The predicted molar refractivity (Wildman–Crippen MR) is 60.4 cm³/mol. The summed E-state index contributed by atoms with van der Waals surface area (Å²) in [5.74, 6) is 0. The summed E-state index contributed by atoms with van der Waals surface area (Å²) >= 11 is 10.7. The molecule has 0 saturated heterocycles. The number of rotatable bonds is 4. The minimum Gasteiger partial charge on any atom is -0.392 e. The zero-order valence-corrected chi connectivity index (χ0v) is 10.3. The van der Waals surface area contributed by atoms with Crippen LogP contribution in [0.15, 0.2) is 10.5 Å². The van der Waals surface area contributed by atoms with Crippen molar-refractivity contribution in [3.05, 3.63) is 19.8 Å². The second-order valence-electron chi connectivity index (χ2n) is 2.81. The van der Waals surface area contributed by atoms with Crippen LogP contribution in [0, 0.1) is 0 Å². The average molecular weight is 285 g/mol. The van der Waals surface area contributed by atoms with Gasteiger partial charge >= 0.3 is 0 Å². The first-order valence-corrected chi connectivity index (χ1v) is 5.91. The number of nitrogens with one attached hydrogen (secondary N) is 1. The summed E-state index contributed by atoms with van der Waals surface area (Å²) in [7, 11) is 0. The molecule has 74 valence electrons. The van der Waals surface area contributed by atoms with Crippen LogP contribution in [0.2, 0.25) is 4.34 Å². The van der Waals surface area contributed by atoms with Crippen LogP contribution in [0.5, 0.6) is 0 Å². The molecule has 0 aliphatic carbocycles. The molecule has 0 saturated carbocycles. The first kappa shape index (κ1) is 11.5. The zero-order valence-electron chi connectivity index (χ0n) is 7.18. The number of hydrogen-bond acceptors (Lipinski definition) is 3. The van der Waals surface area contributed by atoms with E-state index in [0.29, 0.717) is 6.54 Å². The largest absolute Gasteiger partial charge is 0.392 e. The molecular formula is C8H11BrClNOS. The number of aliphatic hydroxyl groups excluding tert-OH is 1. The molecule has 1 aromatic rings. The van der Waals surface area contributed by atoms with Crippen LogP contribution in [0.4, 0.5) is 0 Å². The van der Waals surface area contributed by atoms with E-state index in [9.17, 15) is 0 Å². The van der Waals surface area contributed by atoms with E-state index in [0.717, 1.165) is 20.2 Å². The lowest BCUT2D eigenvalue weighted by atomic mass is 10.4. The van der Waals surface area contributed by atoms with E-state index >= 15 is 0 Å². The van der Waals surface area contributed by atoms with E-state index in [1.54, 1.807) is 18.3 Å². The van der Waals surface area contributed by atoms with Gasteiger partial charge in [-0.2, -0.15) is 0 Å². The lowest BCUT2D eigenvalue weighted by Gasteiger charge is -2.04. The van der Waals surface area contributed by atoms with E-state index < -0.39 is 0 Å². The normalized spacial score (nSPS) is 13.2. The Hall–Kier alpha value is 0.390. The van der Waals surface area contributed by atoms with Crippen molar-refractivity contribution in [2.75, 3.05) is 6.54 Å². The summed E-state index contributed by atoms with van der Waals surface area (Å²) in [6, 6.07) is 1.99.